The molecule has 1 fully saturated rings. The van der Waals surface area contributed by atoms with Crippen molar-refractivity contribution in [2.24, 2.45) is 0 Å². The van der Waals surface area contributed by atoms with Crippen LogP contribution in [0.2, 0.25) is 0 Å². The first kappa shape index (κ1) is 14.4. The predicted octanol–water partition coefficient (Wildman–Crippen LogP) is 3.19. The molecule has 0 radical (unpaired) electrons. The molecule has 0 aromatic heterocycles. The van der Waals surface area contributed by atoms with Crippen molar-refractivity contribution in [2.75, 3.05) is 18.6 Å². The van der Waals surface area contributed by atoms with E-state index in [1.54, 1.807) is 7.11 Å². The molecule has 0 amide bonds. The molecule has 1 aliphatic rings. The minimum atomic E-state index is -0.254. The van der Waals surface area contributed by atoms with Crippen LogP contribution in [0.15, 0.2) is 54.6 Å². The summed E-state index contributed by atoms with van der Waals surface area (Å²) in [5, 5.41) is 0. The molecule has 4 heteroatoms. The molecule has 2 atom stereocenters. The van der Waals surface area contributed by atoms with Crippen molar-refractivity contribution < 1.29 is 14.3 Å². The van der Waals surface area contributed by atoms with Gasteiger partial charge in [-0.15, -0.1) is 0 Å². The van der Waals surface area contributed by atoms with E-state index in [-0.39, 0.29) is 18.1 Å². The average Bonchev–Trinajstić information content (AvgIpc) is 3.32. The normalized spacial score (nSPS) is 19.6. The largest absolute Gasteiger partial charge is 0.497 e. The molecule has 22 heavy (non-hydrogen) atoms. The second-order valence-corrected chi connectivity index (χ2v) is 5.16. The number of anilines is 1. The Bertz CT molecular complexity index is 639. The number of ether oxygens (including phenoxy) is 2. The van der Waals surface area contributed by atoms with Crippen LogP contribution in [0.5, 0.6) is 5.75 Å². The van der Waals surface area contributed by atoms with Crippen molar-refractivity contribution >= 4 is 11.7 Å². The fourth-order valence-corrected chi connectivity index (χ4v) is 2.77. The van der Waals surface area contributed by atoms with Crippen LogP contribution in [0, 0.1) is 0 Å². The van der Waals surface area contributed by atoms with Crippen molar-refractivity contribution in [1.29, 1.82) is 0 Å². The number of rotatable bonds is 5. The molecule has 0 unspecified atom stereocenters. The molecule has 0 bridgehead atoms. The van der Waals surface area contributed by atoms with Crippen LogP contribution in [0.4, 0.5) is 5.69 Å². The summed E-state index contributed by atoms with van der Waals surface area (Å²) in [6.07, 6.45) is 0. The second kappa shape index (κ2) is 6.10. The first-order valence-corrected chi connectivity index (χ1v) is 7.40. The molecule has 1 aliphatic heterocycles. The molecule has 1 saturated heterocycles. The second-order valence-electron chi connectivity index (χ2n) is 5.16. The number of nitrogens with zero attached hydrogens (tertiary/aromatic N) is 1. The first-order valence-electron chi connectivity index (χ1n) is 7.40. The lowest BCUT2D eigenvalue weighted by molar-refractivity contribution is -0.142. The number of hydrogen-bond acceptors (Lipinski definition) is 4. The number of carbonyl (C=O) groups excluding carboxylic acids is 1. The topological polar surface area (TPSA) is 38.5 Å². The van der Waals surface area contributed by atoms with Crippen molar-refractivity contribution in [1.82, 2.24) is 0 Å². The van der Waals surface area contributed by atoms with Crippen LogP contribution >= 0.6 is 0 Å². The lowest BCUT2D eigenvalue weighted by atomic mass is 10.1. The molecule has 114 valence electrons. The monoisotopic (exact) mass is 297 g/mol. The highest BCUT2D eigenvalue weighted by Crippen LogP contribution is 2.47. The van der Waals surface area contributed by atoms with Crippen molar-refractivity contribution in [3.8, 4) is 5.75 Å². The third-order valence-corrected chi connectivity index (χ3v) is 3.85. The van der Waals surface area contributed by atoms with Crippen LogP contribution in [0.3, 0.4) is 0 Å². The van der Waals surface area contributed by atoms with Crippen LogP contribution in [-0.2, 0) is 9.53 Å². The molecule has 4 nitrogen and oxygen atoms in total. The van der Waals surface area contributed by atoms with Gasteiger partial charge in [-0.2, -0.15) is 0 Å². The van der Waals surface area contributed by atoms with E-state index in [2.05, 4.69) is 4.90 Å². The van der Waals surface area contributed by atoms with Gasteiger partial charge in [0.1, 0.15) is 5.75 Å². The average molecular weight is 297 g/mol. The SMILES string of the molecule is CCOC(=O)[C@H]1[C@@H](c2ccc(OC)cc2)N1c1ccccc1. The maximum atomic E-state index is 12.2. The third kappa shape index (κ3) is 2.64. The highest BCUT2D eigenvalue weighted by molar-refractivity contribution is 5.88. The Balaban J connectivity index is 1.88. The Kier molecular flexibility index (Phi) is 4.00. The zero-order valence-corrected chi connectivity index (χ0v) is 12.7. The molecular weight excluding hydrogens is 278 g/mol. The molecule has 2 aromatic rings. The molecule has 0 saturated carbocycles. The third-order valence-electron chi connectivity index (χ3n) is 3.85. The summed E-state index contributed by atoms with van der Waals surface area (Å²) >= 11 is 0. The van der Waals surface area contributed by atoms with Gasteiger partial charge in [-0.1, -0.05) is 30.3 Å². The Morgan fingerprint density at radius 3 is 2.36 bits per heavy atom. The van der Waals surface area contributed by atoms with Gasteiger partial charge in [0.05, 0.1) is 19.8 Å². The lowest BCUT2D eigenvalue weighted by Gasteiger charge is -2.06. The predicted molar refractivity (Wildman–Crippen MR) is 85.1 cm³/mol. The molecule has 0 N–H and O–H groups in total. The van der Waals surface area contributed by atoms with E-state index < -0.39 is 0 Å². The van der Waals surface area contributed by atoms with Gasteiger partial charge in [-0.3, -0.25) is 0 Å². The van der Waals surface area contributed by atoms with Crippen LogP contribution in [-0.4, -0.2) is 25.7 Å². The van der Waals surface area contributed by atoms with Gasteiger partial charge in [0.25, 0.3) is 0 Å². The van der Waals surface area contributed by atoms with E-state index in [9.17, 15) is 4.79 Å². The summed E-state index contributed by atoms with van der Waals surface area (Å²) in [5.41, 5.74) is 2.11. The molecular formula is C18H19NO3. The number of methoxy groups -OCH3 is 1. The number of benzene rings is 2. The summed E-state index contributed by atoms with van der Waals surface area (Å²) in [6, 6.07) is 17.5. The van der Waals surface area contributed by atoms with E-state index in [0.29, 0.717) is 6.61 Å². The van der Waals surface area contributed by atoms with E-state index in [4.69, 9.17) is 9.47 Å². The fraction of sp³-hybridized carbons (Fsp3) is 0.278. The standard InChI is InChI=1S/C18H19NO3/c1-3-22-18(20)17-16(13-9-11-15(21-2)12-10-13)19(17)14-7-5-4-6-8-14/h4-12,16-17H,3H2,1-2H3/t16-,17-,19?/m1/s1. The Morgan fingerprint density at radius 2 is 1.77 bits per heavy atom. The zero-order chi connectivity index (χ0) is 15.5. The summed E-state index contributed by atoms with van der Waals surface area (Å²) < 4.78 is 10.4. The number of para-hydroxylation sites is 1. The Hall–Kier alpha value is -2.49. The lowest BCUT2D eigenvalue weighted by Crippen LogP contribution is -2.15. The number of esters is 1. The first-order chi connectivity index (χ1) is 10.8. The number of carbonyl (C=O) groups is 1. The smallest absolute Gasteiger partial charge is 0.331 e. The summed E-state index contributed by atoms with van der Waals surface area (Å²) in [4.78, 5) is 14.3. The van der Waals surface area contributed by atoms with Crippen molar-refractivity contribution in [2.45, 2.75) is 19.0 Å². The van der Waals surface area contributed by atoms with Crippen molar-refractivity contribution in [3.63, 3.8) is 0 Å². The van der Waals surface area contributed by atoms with Gasteiger partial charge in [0, 0.05) is 5.69 Å². The minimum Gasteiger partial charge on any atom is -0.497 e. The zero-order valence-electron chi connectivity index (χ0n) is 12.7. The minimum absolute atomic E-state index is 0.0207. The molecule has 3 rings (SSSR count). The van der Waals surface area contributed by atoms with Crippen LogP contribution in [0.25, 0.3) is 0 Å². The molecule has 0 spiro atoms. The van der Waals surface area contributed by atoms with Crippen molar-refractivity contribution in [3.05, 3.63) is 60.2 Å². The van der Waals surface area contributed by atoms with Gasteiger partial charge in [-0.25, -0.2) is 4.79 Å². The van der Waals surface area contributed by atoms with Gasteiger partial charge in [0.15, 0.2) is 6.04 Å². The summed E-state index contributed by atoms with van der Waals surface area (Å²) in [7, 11) is 1.64. The fourth-order valence-electron chi connectivity index (χ4n) is 2.77. The summed E-state index contributed by atoms with van der Waals surface area (Å²) in [6.45, 7) is 2.23. The number of hydrogen-bond donors (Lipinski definition) is 0. The molecule has 1 heterocycles. The van der Waals surface area contributed by atoms with E-state index >= 15 is 0 Å². The van der Waals surface area contributed by atoms with Crippen LogP contribution in [0.1, 0.15) is 18.5 Å². The van der Waals surface area contributed by atoms with E-state index in [1.165, 1.54) is 0 Å². The highest BCUT2D eigenvalue weighted by atomic mass is 16.5. The summed E-state index contributed by atoms with van der Waals surface area (Å²) in [5.74, 6) is 0.635. The highest BCUT2D eigenvalue weighted by Gasteiger charge is 2.54. The Labute approximate surface area is 130 Å². The van der Waals surface area contributed by atoms with Crippen LogP contribution < -0.4 is 9.64 Å². The quantitative estimate of drug-likeness (QED) is 0.627. The van der Waals surface area contributed by atoms with Gasteiger partial charge < -0.3 is 14.4 Å². The maximum Gasteiger partial charge on any atom is 0.331 e. The van der Waals surface area contributed by atoms with Gasteiger partial charge >= 0.3 is 5.97 Å². The van der Waals surface area contributed by atoms with E-state index in [0.717, 1.165) is 17.0 Å². The Morgan fingerprint density at radius 1 is 1.09 bits per heavy atom. The van der Waals surface area contributed by atoms with Gasteiger partial charge in [-0.05, 0) is 36.8 Å². The molecule has 2 aromatic carbocycles. The molecule has 0 aliphatic carbocycles. The maximum absolute atomic E-state index is 12.2. The van der Waals surface area contributed by atoms with E-state index in [1.807, 2.05) is 61.5 Å². The van der Waals surface area contributed by atoms with Gasteiger partial charge in [0.2, 0.25) is 0 Å².